The van der Waals surface area contributed by atoms with Crippen LogP contribution >= 0.6 is 43.5 Å². The maximum atomic E-state index is 12.0. The summed E-state index contributed by atoms with van der Waals surface area (Å²) in [7, 11) is 0. The van der Waals surface area contributed by atoms with Gasteiger partial charge in [-0.3, -0.25) is 4.79 Å². The summed E-state index contributed by atoms with van der Waals surface area (Å²) >= 11 is 12.5. The van der Waals surface area contributed by atoms with E-state index < -0.39 is 0 Å². The van der Waals surface area contributed by atoms with Gasteiger partial charge in [-0.2, -0.15) is 0 Å². The van der Waals surface area contributed by atoms with Crippen molar-refractivity contribution in [1.29, 1.82) is 0 Å². The van der Waals surface area contributed by atoms with Crippen molar-refractivity contribution in [2.24, 2.45) is 0 Å². The van der Waals surface area contributed by atoms with Crippen LogP contribution in [0.4, 0.5) is 5.69 Å². The van der Waals surface area contributed by atoms with Crippen molar-refractivity contribution in [3.63, 3.8) is 0 Å². The lowest BCUT2D eigenvalue weighted by atomic mass is 10.2. The molecule has 2 rings (SSSR count). The third-order valence-electron chi connectivity index (χ3n) is 2.28. The van der Waals surface area contributed by atoms with E-state index in [1.807, 2.05) is 18.2 Å². The van der Waals surface area contributed by atoms with Gasteiger partial charge in [-0.05, 0) is 58.4 Å². The number of carbonyl (C=O) groups excluding carboxylic acids is 1. The molecular formula is C13H8Br2ClNO. The molecule has 0 aliphatic carbocycles. The molecule has 1 N–H and O–H groups in total. The average Bonchev–Trinajstić information content (AvgIpc) is 2.34. The van der Waals surface area contributed by atoms with Crippen LogP contribution in [0.25, 0.3) is 0 Å². The van der Waals surface area contributed by atoms with Crippen LogP contribution in [0, 0.1) is 0 Å². The zero-order chi connectivity index (χ0) is 13.1. The van der Waals surface area contributed by atoms with Crippen LogP contribution in [-0.4, -0.2) is 5.91 Å². The number of amides is 1. The van der Waals surface area contributed by atoms with Crippen LogP contribution in [0.3, 0.4) is 0 Å². The minimum absolute atomic E-state index is 0.175. The standard InChI is InChI=1S/C13H8Br2ClNO/c14-9-3-6-11(15)12(7-9)17-13(18)8-1-4-10(16)5-2-8/h1-7H,(H,17,18). The van der Waals surface area contributed by atoms with Gasteiger partial charge in [-0.15, -0.1) is 0 Å². The van der Waals surface area contributed by atoms with E-state index >= 15 is 0 Å². The number of halogens is 3. The highest BCUT2D eigenvalue weighted by Gasteiger charge is 2.08. The van der Waals surface area contributed by atoms with Gasteiger partial charge >= 0.3 is 0 Å². The van der Waals surface area contributed by atoms with Gasteiger partial charge in [0.2, 0.25) is 0 Å². The maximum Gasteiger partial charge on any atom is 0.255 e. The first-order chi connectivity index (χ1) is 8.56. The quantitative estimate of drug-likeness (QED) is 0.759. The van der Waals surface area contributed by atoms with Gasteiger partial charge in [0, 0.05) is 19.5 Å². The molecule has 0 aliphatic heterocycles. The molecule has 0 saturated heterocycles. The van der Waals surface area contributed by atoms with E-state index in [-0.39, 0.29) is 5.91 Å². The van der Waals surface area contributed by atoms with Gasteiger partial charge < -0.3 is 5.32 Å². The number of benzene rings is 2. The van der Waals surface area contributed by atoms with Crippen LogP contribution in [0.2, 0.25) is 5.02 Å². The lowest BCUT2D eigenvalue weighted by molar-refractivity contribution is 0.102. The molecule has 2 aromatic rings. The van der Waals surface area contributed by atoms with E-state index in [9.17, 15) is 4.79 Å². The second-order valence-electron chi connectivity index (χ2n) is 3.59. The average molecular weight is 389 g/mol. The summed E-state index contributed by atoms with van der Waals surface area (Å²) < 4.78 is 1.73. The topological polar surface area (TPSA) is 29.1 Å². The molecule has 0 atom stereocenters. The summed E-state index contributed by atoms with van der Waals surface area (Å²) in [5.74, 6) is -0.175. The Morgan fingerprint density at radius 1 is 1.06 bits per heavy atom. The molecule has 0 heterocycles. The summed E-state index contributed by atoms with van der Waals surface area (Å²) in [4.78, 5) is 12.0. The van der Waals surface area contributed by atoms with Crippen molar-refractivity contribution in [2.75, 3.05) is 5.32 Å². The number of carbonyl (C=O) groups is 1. The molecule has 1 amide bonds. The Hall–Kier alpha value is -0.840. The first-order valence-electron chi connectivity index (χ1n) is 5.08. The third kappa shape index (κ3) is 3.34. The SMILES string of the molecule is O=C(Nc1cc(Br)ccc1Br)c1ccc(Cl)cc1. The summed E-state index contributed by atoms with van der Waals surface area (Å²) in [6.45, 7) is 0. The molecule has 92 valence electrons. The predicted octanol–water partition coefficient (Wildman–Crippen LogP) is 5.12. The molecule has 2 nitrogen and oxygen atoms in total. The fourth-order valence-corrected chi connectivity index (χ4v) is 2.22. The van der Waals surface area contributed by atoms with Crippen LogP contribution in [0.1, 0.15) is 10.4 Å². The van der Waals surface area contributed by atoms with Crippen LogP contribution in [-0.2, 0) is 0 Å². The Labute approximate surface area is 127 Å². The molecule has 0 radical (unpaired) electrons. The van der Waals surface area contributed by atoms with Crippen LogP contribution in [0.5, 0.6) is 0 Å². The smallest absolute Gasteiger partial charge is 0.255 e. The Balaban J connectivity index is 2.21. The molecule has 0 unspecified atom stereocenters. The van der Waals surface area contributed by atoms with Gasteiger partial charge in [0.25, 0.3) is 5.91 Å². The largest absolute Gasteiger partial charge is 0.321 e. The molecular weight excluding hydrogens is 381 g/mol. The summed E-state index contributed by atoms with van der Waals surface area (Å²) in [5, 5.41) is 3.43. The van der Waals surface area contributed by atoms with Crippen molar-refractivity contribution >= 4 is 55.1 Å². The minimum atomic E-state index is -0.175. The Bertz CT molecular complexity index is 584. The van der Waals surface area contributed by atoms with Crippen LogP contribution in [0.15, 0.2) is 51.4 Å². The Morgan fingerprint density at radius 2 is 1.72 bits per heavy atom. The number of rotatable bonds is 2. The lowest BCUT2D eigenvalue weighted by Crippen LogP contribution is -2.12. The second-order valence-corrected chi connectivity index (χ2v) is 5.79. The van der Waals surface area contributed by atoms with Crippen molar-refractivity contribution in [1.82, 2.24) is 0 Å². The van der Waals surface area contributed by atoms with Crippen molar-refractivity contribution in [3.05, 3.63) is 62.0 Å². The van der Waals surface area contributed by atoms with Crippen LogP contribution < -0.4 is 5.32 Å². The van der Waals surface area contributed by atoms with E-state index in [2.05, 4.69) is 37.2 Å². The van der Waals surface area contributed by atoms with E-state index in [0.29, 0.717) is 16.3 Å². The molecule has 18 heavy (non-hydrogen) atoms. The Kier molecular flexibility index (Phi) is 4.43. The lowest BCUT2D eigenvalue weighted by Gasteiger charge is -2.08. The number of hydrogen-bond acceptors (Lipinski definition) is 1. The summed E-state index contributed by atoms with van der Waals surface area (Å²) in [6.07, 6.45) is 0. The summed E-state index contributed by atoms with van der Waals surface area (Å²) in [6, 6.07) is 12.3. The molecule has 2 aromatic carbocycles. The van der Waals surface area contributed by atoms with E-state index in [1.165, 1.54) is 0 Å². The highest BCUT2D eigenvalue weighted by atomic mass is 79.9. The fraction of sp³-hybridized carbons (Fsp3) is 0. The monoisotopic (exact) mass is 387 g/mol. The zero-order valence-corrected chi connectivity index (χ0v) is 13.0. The van der Waals surface area contributed by atoms with Crippen molar-refractivity contribution in [2.45, 2.75) is 0 Å². The van der Waals surface area contributed by atoms with Gasteiger partial charge in [0.15, 0.2) is 0 Å². The molecule has 0 aromatic heterocycles. The maximum absolute atomic E-state index is 12.0. The summed E-state index contributed by atoms with van der Waals surface area (Å²) in [5.41, 5.74) is 1.27. The molecule has 5 heteroatoms. The van der Waals surface area contributed by atoms with Crippen molar-refractivity contribution < 1.29 is 4.79 Å². The third-order valence-corrected chi connectivity index (χ3v) is 3.72. The minimum Gasteiger partial charge on any atom is -0.321 e. The molecule has 0 aliphatic rings. The number of anilines is 1. The normalized spacial score (nSPS) is 10.2. The highest BCUT2D eigenvalue weighted by molar-refractivity contribution is 9.11. The van der Waals surface area contributed by atoms with E-state index in [4.69, 9.17) is 11.6 Å². The molecule has 0 fully saturated rings. The molecule has 0 saturated carbocycles. The first-order valence-corrected chi connectivity index (χ1v) is 7.04. The highest BCUT2D eigenvalue weighted by Crippen LogP contribution is 2.26. The fourth-order valence-electron chi connectivity index (χ4n) is 1.39. The van der Waals surface area contributed by atoms with Gasteiger partial charge in [-0.1, -0.05) is 27.5 Å². The molecule has 0 bridgehead atoms. The second kappa shape index (κ2) is 5.87. The predicted molar refractivity (Wildman–Crippen MR) is 81.2 cm³/mol. The van der Waals surface area contributed by atoms with E-state index in [0.717, 1.165) is 8.95 Å². The van der Waals surface area contributed by atoms with Gasteiger partial charge in [0.1, 0.15) is 0 Å². The first kappa shape index (κ1) is 13.6. The Morgan fingerprint density at radius 3 is 2.39 bits per heavy atom. The van der Waals surface area contributed by atoms with Crippen molar-refractivity contribution in [3.8, 4) is 0 Å². The zero-order valence-electron chi connectivity index (χ0n) is 9.08. The number of nitrogens with one attached hydrogen (secondary N) is 1. The van der Waals surface area contributed by atoms with Gasteiger partial charge in [0.05, 0.1) is 5.69 Å². The number of hydrogen-bond donors (Lipinski definition) is 1. The van der Waals surface area contributed by atoms with E-state index in [1.54, 1.807) is 24.3 Å². The van der Waals surface area contributed by atoms with Gasteiger partial charge in [-0.25, -0.2) is 0 Å². The molecule has 0 spiro atoms.